The minimum Gasteiger partial charge on any atom is -0.340 e. The van der Waals surface area contributed by atoms with Gasteiger partial charge in [0.25, 0.3) is 0 Å². The maximum atomic E-state index is 4.29. The van der Waals surface area contributed by atoms with Gasteiger partial charge in [-0.05, 0) is 25.5 Å². The van der Waals surface area contributed by atoms with Gasteiger partial charge in [0.1, 0.15) is 5.82 Å². The smallest absolute Gasteiger partial charge is 0.128 e. The minimum absolute atomic E-state index is 1.02. The van der Waals surface area contributed by atoms with Crippen LogP contribution in [-0.2, 0) is 7.05 Å². The Morgan fingerprint density at radius 2 is 1.93 bits per heavy atom. The first-order valence-corrected chi connectivity index (χ1v) is 5.00. The Bertz CT molecular complexity index is 471. The van der Waals surface area contributed by atoms with E-state index in [0.29, 0.717) is 0 Å². The third kappa shape index (κ3) is 2.01. The summed E-state index contributed by atoms with van der Waals surface area (Å²) in [7, 11) is 1.94. The highest BCUT2D eigenvalue weighted by Gasteiger charge is 2.02. The Hall–Kier alpha value is -1.77. The van der Waals surface area contributed by atoms with E-state index in [1.54, 1.807) is 0 Å². The third-order valence-electron chi connectivity index (χ3n) is 2.41. The molecule has 3 heteroatoms. The van der Waals surface area contributed by atoms with Crippen molar-refractivity contribution in [2.75, 3.05) is 5.32 Å². The van der Waals surface area contributed by atoms with Gasteiger partial charge in [0.2, 0.25) is 0 Å². The monoisotopic (exact) mass is 201 g/mol. The number of aromatic nitrogens is 2. The van der Waals surface area contributed by atoms with E-state index < -0.39 is 0 Å². The van der Waals surface area contributed by atoms with E-state index in [4.69, 9.17) is 0 Å². The quantitative estimate of drug-likeness (QED) is 0.809. The van der Waals surface area contributed by atoms with E-state index in [1.807, 2.05) is 36.9 Å². The highest BCUT2D eigenvalue weighted by Crippen LogP contribution is 2.19. The molecule has 1 N–H and O–H groups in total. The van der Waals surface area contributed by atoms with Crippen LogP contribution in [0.25, 0.3) is 0 Å². The standard InChI is InChI=1S/C12H15N3/c1-9-6-4-5-7-11(9)13-12-8-10(2)14-15(12)3/h4-8,13H,1-3H3. The van der Waals surface area contributed by atoms with Crippen LogP contribution in [0.5, 0.6) is 0 Å². The lowest BCUT2D eigenvalue weighted by molar-refractivity contribution is 0.765. The second-order valence-corrected chi connectivity index (χ2v) is 3.73. The summed E-state index contributed by atoms with van der Waals surface area (Å²) >= 11 is 0. The Morgan fingerprint density at radius 1 is 1.20 bits per heavy atom. The lowest BCUT2D eigenvalue weighted by Gasteiger charge is -2.08. The predicted octanol–water partition coefficient (Wildman–Crippen LogP) is 2.78. The van der Waals surface area contributed by atoms with Crippen molar-refractivity contribution in [1.29, 1.82) is 0 Å². The molecule has 0 radical (unpaired) electrons. The van der Waals surface area contributed by atoms with Crippen molar-refractivity contribution in [2.45, 2.75) is 13.8 Å². The molecule has 1 aromatic heterocycles. The molecule has 0 bridgehead atoms. The largest absolute Gasteiger partial charge is 0.340 e. The zero-order valence-electron chi connectivity index (χ0n) is 9.28. The maximum Gasteiger partial charge on any atom is 0.128 e. The number of hydrogen-bond donors (Lipinski definition) is 1. The summed E-state index contributed by atoms with van der Waals surface area (Å²) in [5.41, 5.74) is 3.38. The van der Waals surface area contributed by atoms with Gasteiger partial charge < -0.3 is 5.32 Å². The van der Waals surface area contributed by atoms with Gasteiger partial charge in [-0.3, -0.25) is 4.68 Å². The third-order valence-corrected chi connectivity index (χ3v) is 2.41. The molecular weight excluding hydrogens is 186 g/mol. The van der Waals surface area contributed by atoms with E-state index in [-0.39, 0.29) is 0 Å². The molecule has 0 atom stereocenters. The summed E-state index contributed by atoms with van der Waals surface area (Å²) in [5, 5.41) is 7.65. The van der Waals surface area contributed by atoms with E-state index >= 15 is 0 Å². The van der Waals surface area contributed by atoms with Crippen LogP contribution in [0.2, 0.25) is 0 Å². The lowest BCUT2D eigenvalue weighted by atomic mass is 10.2. The number of nitrogens with one attached hydrogen (secondary N) is 1. The number of para-hydroxylation sites is 1. The summed E-state index contributed by atoms with van der Waals surface area (Å²) in [4.78, 5) is 0. The van der Waals surface area contributed by atoms with Gasteiger partial charge >= 0.3 is 0 Å². The predicted molar refractivity (Wildman–Crippen MR) is 62.4 cm³/mol. The first-order chi connectivity index (χ1) is 7.16. The lowest BCUT2D eigenvalue weighted by Crippen LogP contribution is -2.00. The van der Waals surface area contributed by atoms with Gasteiger partial charge in [-0.1, -0.05) is 18.2 Å². The fraction of sp³-hybridized carbons (Fsp3) is 0.250. The van der Waals surface area contributed by atoms with Crippen molar-refractivity contribution in [3.8, 4) is 0 Å². The summed E-state index contributed by atoms with van der Waals surface area (Å²) in [5.74, 6) is 1.02. The van der Waals surface area contributed by atoms with Crippen LogP contribution in [0.15, 0.2) is 30.3 Å². The number of rotatable bonds is 2. The summed E-state index contributed by atoms with van der Waals surface area (Å²) < 4.78 is 1.85. The molecule has 0 aliphatic rings. The van der Waals surface area contributed by atoms with Crippen molar-refractivity contribution in [2.24, 2.45) is 7.05 Å². The number of benzene rings is 1. The molecular formula is C12H15N3. The number of aryl methyl sites for hydroxylation is 3. The van der Waals surface area contributed by atoms with Crippen molar-refractivity contribution >= 4 is 11.5 Å². The van der Waals surface area contributed by atoms with Crippen molar-refractivity contribution < 1.29 is 0 Å². The molecule has 15 heavy (non-hydrogen) atoms. The first-order valence-electron chi connectivity index (χ1n) is 5.00. The van der Waals surface area contributed by atoms with E-state index in [0.717, 1.165) is 17.2 Å². The van der Waals surface area contributed by atoms with Gasteiger partial charge in [0, 0.05) is 18.8 Å². The van der Waals surface area contributed by atoms with Crippen LogP contribution in [0.3, 0.4) is 0 Å². The maximum absolute atomic E-state index is 4.29. The molecule has 2 rings (SSSR count). The van der Waals surface area contributed by atoms with Gasteiger partial charge in [-0.2, -0.15) is 5.10 Å². The molecule has 0 saturated heterocycles. The highest BCUT2D eigenvalue weighted by atomic mass is 15.3. The van der Waals surface area contributed by atoms with Crippen LogP contribution in [0.4, 0.5) is 11.5 Å². The van der Waals surface area contributed by atoms with Crippen LogP contribution < -0.4 is 5.32 Å². The molecule has 0 amide bonds. The molecule has 0 aliphatic carbocycles. The molecule has 3 nitrogen and oxygen atoms in total. The summed E-state index contributed by atoms with van der Waals surface area (Å²) in [6, 6.07) is 10.3. The van der Waals surface area contributed by atoms with Gasteiger partial charge in [0.05, 0.1) is 5.69 Å². The van der Waals surface area contributed by atoms with Gasteiger partial charge in [0.15, 0.2) is 0 Å². The van der Waals surface area contributed by atoms with E-state index in [1.165, 1.54) is 5.56 Å². The van der Waals surface area contributed by atoms with Crippen molar-refractivity contribution in [3.63, 3.8) is 0 Å². The second kappa shape index (κ2) is 3.77. The minimum atomic E-state index is 1.02. The van der Waals surface area contributed by atoms with Crippen LogP contribution in [0, 0.1) is 13.8 Å². The molecule has 0 saturated carbocycles. The first kappa shape index (κ1) is 9.77. The Morgan fingerprint density at radius 3 is 2.53 bits per heavy atom. The van der Waals surface area contributed by atoms with Crippen molar-refractivity contribution in [1.82, 2.24) is 9.78 Å². The van der Waals surface area contributed by atoms with Gasteiger partial charge in [-0.25, -0.2) is 0 Å². The molecule has 0 spiro atoms. The van der Waals surface area contributed by atoms with Crippen LogP contribution in [0.1, 0.15) is 11.3 Å². The molecule has 78 valence electrons. The summed E-state index contributed by atoms with van der Waals surface area (Å²) in [6.07, 6.45) is 0. The van der Waals surface area contributed by atoms with E-state index in [9.17, 15) is 0 Å². The number of nitrogens with zero attached hydrogens (tertiary/aromatic N) is 2. The fourth-order valence-corrected chi connectivity index (χ4v) is 1.58. The Balaban J connectivity index is 2.29. The van der Waals surface area contributed by atoms with Crippen LogP contribution >= 0.6 is 0 Å². The molecule has 0 unspecified atom stereocenters. The Kier molecular flexibility index (Phi) is 2.46. The SMILES string of the molecule is Cc1cc(Nc2ccccc2C)n(C)n1. The zero-order valence-corrected chi connectivity index (χ0v) is 9.28. The molecule has 1 aromatic carbocycles. The van der Waals surface area contributed by atoms with Crippen molar-refractivity contribution in [3.05, 3.63) is 41.6 Å². The molecule has 0 fully saturated rings. The average molecular weight is 201 g/mol. The zero-order chi connectivity index (χ0) is 10.8. The van der Waals surface area contributed by atoms with Gasteiger partial charge in [-0.15, -0.1) is 0 Å². The second-order valence-electron chi connectivity index (χ2n) is 3.73. The normalized spacial score (nSPS) is 10.3. The number of anilines is 2. The molecule has 1 heterocycles. The topological polar surface area (TPSA) is 29.9 Å². The Labute approximate surface area is 89.7 Å². The average Bonchev–Trinajstić information content (AvgIpc) is 2.49. The summed E-state index contributed by atoms with van der Waals surface area (Å²) in [6.45, 7) is 4.08. The molecule has 0 aliphatic heterocycles. The van der Waals surface area contributed by atoms with E-state index in [2.05, 4.69) is 29.5 Å². The fourth-order valence-electron chi connectivity index (χ4n) is 1.58. The van der Waals surface area contributed by atoms with Crippen LogP contribution in [-0.4, -0.2) is 9.78 Å². The number of hydrogen-bond acceptors (Lipinski definition) is 2. The highest BCUT2D eigenvalue weighted by molar-refractivity contribution is 5.60. The molecule has 2 aromatic rings.